The van der Waals surface area contributed by atoms with E-state index in [1.807, 2.05) is 23.0 Å². The van der Waals surface area contributed by atoms with Gasteiger partial charge in [0.1, 0.15) is 5.52 Å². The van der Waals surface area contributed by atoms with Gasteiger partial charge in [0.15, 0.2) is 12.0 Å². The number of hydrogen-bond acceptors (Lipinski definition) is 3. The van der Waals surface area contributed by atoms with Crippen molar-refractivity contribution in [3.05, 3.63) is 30.4 Å². The maximum Gasteiger partial charge on any atom is 0.182 e. The standard InChI is InChI=1S/C12H13N3O/c1-12(2,3)8-6-14-15-5-4-9-10(11(8)15)13-7-16-9/h4-7H,1-3H3. The van der Waals surface area contributed by atoms with Crippen LogP contribution in [0.4, 0.5) is 0 Å². The number of pyridine rings is 1. The molecule has 0 atom stereocenters. The van der Waals surface area contributed by atoms with Crippen molar-refractivity contribution in [2.75, 3.05) is 0 Å². The fraction of sp³-hybridized carbons (Fsp3) is 0.333. The Bertz CT molecular complexity index is 658. The minimum absolute atomic E-state index is 0.0506. The van der Waals surface area contributed by atoms with E-state index >= 15 is 0 Å². The molecule has 0 bridgehead atoms. The van der Waals surface area contributed by atoms with E-state index in [1.165, 1.54) is 12.0 Å². The summed E-state index contributed by atoms with van der Waals surface area (Å²) >= 11 is 0. The molecule has 3 aromatic rings. The lowest BCUT2D eigenvalue weighted by Crippen LogP contribution is -2.10. The first kappa shape index (κ1) is 9.39. The Balaban J connectivity index is 2.51. The van der Waals surface area contributed by atoms with Crippen LogP contribution >= 0.6 is 0 Å². The summed E-state index contributed by atoms with van der Waals surface area (Å²) in [5, 5.41) is 4.35. The quantitative estimate of drug-likeness (QED) is 0.579. The number of nitrogens with zero attached hydrogens (tertiary/aromatic N) is 3. The molecule has 0 radical (unpaired) electrons. The molecule has 4 nitrogen and oxygen atoms in total. The molecule has 3 heterocycles. The molecule has 0 aliphatic heterocycles. The van der Waals surface area contributed by atoms with E-state index in [9.17, 15) is 0 Å². The topological polar surface area (TPSA) is 43.3 Å². The Morgan fingerprint density at radius 1 is 1.31 bits per heavy atom. The molecule has 0 aliphatic carbocycles. The van der Waals surface area contributed by atoms with Crippen molar-refractivity contribution in [1.82, 2.24) is 14.6 Å². The van der Waals surface area contributed by atoms with Crippen LogP contribution in [0.25, 0.3) is 16.6 Å². The van der Waals surface area contributed by atoms with Crippen molar-refractivity contribution in [2.45, 2.75) is 26.2 Å². The van der Waals surface area contributed by atoms with Gasteiger partial charge in [0.05, 0.1) is 11.7 Å². The van der Waals surface area contributed by atoms with Crippen molar-refractivity contribution >= 4 is 16.6 Å². The molecule has 0 N–H and O–H groups in total. The summed E-state index contributed by atoms with van der Waals surface area (Å²) in [6, 6.07) is 1.88. The molecule has 0 saturated heterocycles. The average Bonchev–Trinajstić information content (AvgIpc) is 2.81. The van der Waals surface area contributed by atoms with Crippen LogP contribution in [0.2, 0.25) is 0 Å². The highest BCUT2D eigenvalue weighted by Crippen LogP contribution is 2.30. The van der Waals surface area contributed by atoms with E-state index in [2.05, 4.69) is 30.9 Å². The third-order valence-electron chi connectivity index (χ3n) is 2.79. The fourth-order valence-electron chi connectivity index (χ4n) is 1.95. The molecule has 0 aromatic carbocycles. The molecule has 3 aromatic heterocycles. The fourth-order valence-corrected chi connectivity index (χ4v) is 1.95. The van der Waals surface area contributed by atoms with Crippen molar-refractivity contribution < 1.29 is 4.42 Å². The lowest BCUT2D eigenvalue weighted by atomic mass is 9.88. The molecule has 4 heteroatoms. The SMILES string of the molecule is CC(C)(C)c1cnn2ccc3ocnc3c12. The number of rotatable bonds is 0. The zero-order valence-corrected chi connectivity index (χ0v) is 9.56. The molecule has 0 spiro atoms. The lowest BCUT2D eigenvalue weighted by Gasteiger charge is -2.16. The van der Waals surface area contributed by atoms with Gasteiger partial charge in [-0.1, -0.05) is 20.8 Å². The van der Waals surface area contributed by atoms with E-state index in [-0.39, 0.29) is 5.41 Å². The van der Waals surface area contributed by atoms with Gasteiger partial charge in [0.2, 0.25) is 0 Å². The predicted octanol–water partition coefficient (Wildman–Crippen LogP) is 2.77. The third-order valence-corrected chi connectivity index (χ3v) is 2.79. The zero-order chi connectivity index (χ0) is 11.3. The summed E-state index contributed by atoms with van der Waals surface area (Å²) in [5.74, 6) is 0. The molecule has 0 fully saturated rings. The maximum atomic E-state index is 5.31. The first-order chi connectivity index (χ1) is 7.57. The molecule has 0 amide bonds. The number of aromatic nitrogens is 3. The average molecular weight is 215 g/mol. The molecule has 0 aliphatic rings. The highest BCUT2D eigenvalue weighted by atomic mass is 16.3. The van der Waals surface area contributed by atoms with Gasteiger partial charge in [-0.3, -0.25) is 0 Å². The van der Waals surface area contributed by atoms with Gasteiger partial charge in [-0.2, -0.15) is 5.10 Å². The van der Waals surface area contributed by atoms with E-state index in [4.69, 9.17) is 4.42 Å². The van der Waals surface area contributed by atoms with Gasteiger partial charge in [0.25, 0.3) is 0 Å². The van der Waals surface area contributed by atoms with E-state index < -0.39 is 0 Å². The normalized spacial score (nSPS) is 12.7. The summed E-state index contributed by atoms with van der Waals surface area (Å²) in [4.78, 5) is 4.27. The minimum atomic E-state index is 0.0506. The maximum absolute atomic E-state index is 5.31. The Morgan fingerprint density at radius 3 is 2.88 bits per heavy atom. The van der Waals surface area contributed by atoms with Crippen LogP contribution in [-0.4, -0.2) is 14.6 Å². The number of oxazole rings is 1. The summed E-state index contributed by atoms with van der Waals surface area (Å²) in [7, 11) is 0. The second-order valence-corrected chi connectivity index (χ2v) is 4.98. The molecule has 16 heavy (non-hydrogen) atoms. The summed E-state index contributed by atoms with van der Waals surface area (Å²) in [6.07, 6.45) is 5.28. The Kier molecular flexibility index (Phi) is 1.67. The van der Waals surface area contributed by atoms with Crippen molar-refractivity contribution in [3.63, 3.8) is 0 Å². The number of hydrogen-bond donors (Lipinski definition) is 0. The first-order valence-electron chi connectivity index (χ1n) is 5.27. The summed E-state index contributed by atoms with van der Waals surface area (Å²) in [6.45, 7) is 6.51. The van der Waals surface area contributed by atoms with Gasteiger partial charge >= 0.3 is 0 Å². The summed E-state index contributed by atoms with van der Waals surface area (Å²) in [5.41, 5.74) is 3.96. The van der Waals surface area contributed by atoms with Crippen LogP contribution in [0.1, 0.15) is 26.3 Å². The van der Waals surface area contributed by atoms with Crippen LogP contribution in [0, 0.1) is 0 Å². The van der Waals surface area contributed by atoms with Gasteiger partial charge in [0, 0.05) is 17.8 Å². The van der Waals surface area contributed by atoms with Crippen LogP contribution in [0.3, 0.4) is 0 Å². The van der Waals surface area contributed by atoms with E-state index in [1.54, 1.807) is 0 Å². The zero-order valence-electron chi connectivity index (χ0n) is 9.56. The van der Waals surface area contributed by atoms with Crippen molar-refractivity contribution in [3.8, 4) is 0 Å². The molecule has 3 rings (SSSR count). The highest BCUT2D eigenvalue weighted by Gasteiger charge is 2.21. The van der Waals surface area contributed by atoms with Gasteiger partial charge in [-0.15, -0.1) is 0 Å². The smallest absolute Gasteiger partial charge is 0.182 e. The highest BCUT2D eigenvalue weighted by molar-refractivity contribution is 5.90. The molecule has 0 unspecified atom stereocenters. The third kappa shape index (κ3) is 1.16. The van der Waals surface area contributed by atoms with Crippen LogP contribution in [0.5, 0.6) is 0 Å². The van der Waals surface area contributed by atoms with Gasteiger partial charge in [-0.05, 0) is 5.41 Å². The van der Waals surface area contributed by atoms with E-state index in [0.29, 0.717) is 0 Å². The van der Waals surface area contributed by atoms with Crippen molar-refractivity contribution in [1.29, 1.82) is 0 Å². The van der Waals surface area contributed by atoms with Crippen LogP contribution < -0.4 is 0 Å². The molecular weight excluding hydrogens is 202 g/mol. The Hall–Kier alpha value is -1.84. The number of fused-ring (bicyclic) bond motifs is 3. The first-order valence-corrected chi connectivity index (χ1v) is 5.27. The Morgan fingerprint density at radius 2 is 2.12 bits per heavy atom. The monoisotopic (exact) mass is 215 g/mol. The largest absolute Gasteiger partial charge is 0.443 e. The van der Waals surface area contributed by atoms with Crippen LogP contribution in [-0.2, 0) is 5.41 Å². The minimum Gasteiger partial charge on any atom is -0.443 e. The molecular formula is C12H13N3O. The summed E-state index contributed by atoms with van der Waals surface area (Å²) < 4.78 is 7.16. The lowest BCUT2D eigenvalue weighted by molar-refractivity contribution is 0.596. The molecule has 82 valence electrons. The second-order valence-electron chi connectivity index (χ2n) is 4.98. The molecule has 0 saturated carbocycles. The van der Waals surface area contributed by atoms with Crippen LogP contribution in [0.15, 0.2) is 29.3 Å². The van der Waals surface area contributed by atoms with Gasteiger partial charge < -0.3 is 4.42 Å². The Labute approximate surface area is 92.9 Å². The van der Waals surface area contributed by atoms with Crippen molar-refractivity contribution in [2.24, 2.45) is 0 Å². The van der Waals surface area contributed by atoms with E-state index in [0.717, 1.165) is 16.6 Å². The predicted molar refractivity (Wildman–Crippen MR) is 61.5 cm³/mol. The second kappa shape index (κ2) is 2.84. The van der Waals surface area contributed by atoms with Gasteiger partial charge in [-0.25, -0.2) is 9.50 Å².